The zero-order valence-corrected chi connectivity index (χ0v) is 12.3. The summed E-state index contributed by atoms with van der Waals surface area (Å²) in [6, 6.07) is 0. The summed E-state index contributed by atoms with van der Waals surface area (Å²) in [5, 5.41) is 0. The van der Waals surface area contributed by atoms with Gasteiger partial charge in [0.25, 0.3) is 0 Å². The molecule has 0 aliphatic heterocycles. The number of hydrogen-bond donors (Lipinski definition) is 0. The summed E-state index contributed by atoms with van der Waals surface area (Å²) in [6.07, 6.45) is 9.48. The van der Waals surface area contributed by atoms with Crippen molar-refractivity contribution in [2.45, 2.75) is 72.6 Å². The molecule has 0 aliphatic rings. The fraction of sp³-hybridized carbons (Fsp3) is 1.00. The average molecular weight is 227 g/mol. The molecule has 0 aromatic rings. The zero-order valence-electron chi connectivity index (χ0n) is 12.3. The highest BCUT2D eigenvalue weighted by Gasteiger charge is 2.22. The molecule has 0 rings (SSSR count). The highest BCUT2D eigenvalue weighted by molar-refractivity contribution is 4.75. The summed E-state index contributed by atoms with van der Waals surface area (Å²) in [7, 11) is 2.27. The largest absolute Gasteiger partial charge is 0.306 e. The van der Waals surface area contributed by atoms with E-state index in [9.17, 15) is 0 Å². The van der Waals surface area contributed by atoms with Crippen LogP contribution in [0, 0.1) is 5.41 Å². The first-order valence-electron chi connectivity index (χ1n) is 7.32. The molecule has 1 heteroatoms. The average Bonchev–Trinajstić information content (AvgIpc) is 2.33. The zero-order chi connectivity index (χ0) is 12.4. The second-order valence-corrected chi connectivity index (χ2v) is 5.32. The molecule has 0 aliphatic carbocycles. The minimum absolute atomic E-state index is 0.631. The van der Waals surface area contributed by atoms with Gasteiger partial charge < -0.3 is 4.90 Å². The highest BCUT2D eigenvalue weighted by atomic mass is 15.1. The van der Waals surface area contributed by atoms with Crippen LogP contribution in [0.3, 0.4) is 0 Å². The van der Waals surface area contributed by atoms with Gasteiger partial charge in [-0.3, -0.25) is 0 Å². The molecular formula is C15H33N. The Morgan fingerprint density at radius 1 is 0.812 bits per heavy atom. The summed E-state index contributed by atoms with van der Waals surface area (Å²) in [5.74, 6) is 0. The molecule has 0 amide bonds. The van der Waals surface area contributed by atoms with Gasteiger partial charge in [0.05, 0.1) is 0 Å². The van der Waals surface area contributed by atoms with Crippen molar-refractivity contribution in [3.63, 3.8) is 0 Å². The van der Waals surface area contributed by atoms with Crippen LogP contribution >= 0.6 is 0 Å². The predicted molar refractivity (Wildman–Crippen MR) is 74.9 cm³/mol. The Morgan fingerprint density at radius 2 is 1.31 bits per heavy atom. The van der Waals surface area contributed by atoms with E-state index in [1.807, 2.05) is 0 Å². The van der Waals surface area contributed by atoms with Gasteiger partial charge in [-0.05, 0) is 44.8 Å². The molecule has 1 nitrogen and oxygen atoms in total. The van der Waals surface area contributed by atoms with Crippen molar-refractivity contribution < 1.29 is 0 Å². The van der Waals surface area contributed by atoms with E-state index in [0.29, 0.717) is 5.41 Å². The molecule has 0 unspecified atom stereocenters. The quantitative estimate of drug-likeness (QED) is 0.522. The Kier molecular flexibility index (Phi) is 9.02. The molecule has 98 valence electrons. The smallest absolute Gasteiger partial charge is 0.00216 e. The van der Waals surface area contributed by atoms with Crippen molar-refractivity contribution in [3.05, 3.63) is 0 Å². The Morgan fingerprint density at radius 3 is 1.75 bits per heavy atom. The van der Waals surface area contributed by atoms with Crippen LogP contribution in [0.15, 0.2) is 0 Å². The molecule has 0 heterocycles. The summed E-state index contributed by atoms with van der Waals surface area (Å²) < 4.78 is 0. The van der Waals surface area contributed by atoms with Gasteiger partial charge in [0, 0.05) is 0 Å². The molecule has 16 heavy (non-hydrogen) atoms. The predicted octanol–water partition coefficient (Wildman–Crippen LogP) is 4.71. The third-order valence-corrected chi connectivity index (χ3v) is 4.39. The lowest BCUT2D eigenvalue weighted by atomic mass is 9.76. The molecule has 0 saturated carbocycles. The second-order valence-electron chi connectivity index (χ2n) is 5.32. The lowest BCUT2D eigenvalue weighted by Crippen LogP contribution is -2.24. The molecular weight excluding hydrogens is 194 g/mol. The van der Waals surface area contributed by atoms with Gasteiger partial charge in [-0.1, -0.05) is 53.4 Å². The van der Waals surface area contributed by atoms with E-state index >= 15 is 0 Å². The van der Waals surface area contributed by atoms with Crippen LogP contribution in [0.5, 0.6) is 0 Å². The van der Waals surface area contributed by atoms with E-state index in [0.717, 1.165) is 0 Å². The Hall–Kier alpha value is -0.0400. The van der Waals surface area contributed by atoms with Crippen LogP contribution in [0.4, 0.5) is 0 Å². The third-order valence-electron chi connectivity index (χ3n) is 4.39. The van der Waals surface area contributed by atoms with Crippen LogP contribution in [-0.2, 0) is 0 Å². The van der Waals surface area contributed by atoms with Gasteiger partial charge in [0.15, 0.2) is 0 Å². The van der Waals surface area contributed by atoms with Gasteiger partial charge in [0.2, 0.25) is 0 Å². The maximum absolute atomic E-state index is 2.50. The first kappa shape index (κ1) is 16.0. The molecule has 0 bridgehead atoms. The molecule has 0 fully saturated rings. The van der Waals surface area contributed by atoms with Gasteiger partial charge in [-0.2, -0.15) is 0 Å². The van der Waals surface area contributed by atoms with Gasteiger partial charge in [0.1, 0.15) is 0 Å². The molecule has 0 atom stereocenters. The molecule has 0 aromatic carbocycles. The van der Waals surface area contributed by atoms with E-state index < -0.39 is 0 Å². The first-order chi connectivity index (χ1) is 7.64. The summed E-state index contributed by atoms with van der Waals surface area (Å²) in [6.45, 7) is 11.9. The van der Waals surface area contributed by atoms with Gasteiger partial charge in [-0.15, -0.1) is 0 Å². The SMILES string of the molecule is CCCCN(C)CCCC(CC)(CC)CC. The Labute approximate surface area is 104 Å². The lowest BCUT2D eigenvalue weighted by Gasteiger charge is -2.31. The van der Waals surface area contributed by atoms with Crippen LogP contribution in [-0.4, -0.2) is 25.0 Å². The van der Waals surface area contributed by atoms with Crippen LogP contribution < -0.4 is 0 Å². The fourth-order valence-electron chi connectivity index (χ4n) is 2.54. The van der Waals surface area contributed by atoms with Crippen molar-refractivity contribution in [1.29, 1.82) is 0 Å². The molecule has 0 saturated heterocycles. The maximum atomic E-state index is 2.50. The maximum Gasteiger partial charge on any atom is -0.00216 e. The summed E-state index contributed by atoms with van der Waals surface area (Å²) in [4.78, 5) is 2.50. The lowest BCUT2D eigenvalue weighted by molar-refractivity contribution is 0.205. The van der Waals surface area contributed by atoms with Crippen molar-refractivity contribution in [2.75, 3.05) is 20.1 Å². The van der Waals surface area contributed by atoms with E-state index in [-0.39, 0.29) is 0 Å². The minimum Gasteiger partial charge on any atom is -0.306 e. The van der Waals surface area contributed by atoms with Crippen molar-refractivity contribution in [1.82, 2.24) is 4.90 Å². The normalized spacial score (nSPS) is 12.4. The number of nitrogens with zero attached hydrogens (tertiary/aromatic N) is 1. The van der Waals surface area contributed by atoms with Crippen LogP contribution in [0.2, 0.25) is 0 Å². The Balaban J connectivity index is 3.77. The number of unbranched alkanes of at least 4 members (excludes halogenated alkanes) is 1. The fourth-order valence-corrected chi connectivity index (χ4v) is 2.54. The van der Waals surface area contributed by atoms with E-state index in [1.165, 1.54) is 58.0 Å². The van der Waals surface area contributed by atoms with Crippen LogP contribution in [0.1, 0.15) is 72.6 Å². The van der Waals surface area contributed by atoms with Gasteiger partial charge >= 0.3 is 0 Å². The third kappa shape index (κ3) is 5.89. The topological polar surface area (TPSA) is 3.24 Å². The molecule has 0 spiro atoms. The van der Waals surface area contributed by atoms with Crippen molar-refractivity contribution >= 4 is 0 Å². The van der Waals surface area contributed by atoms with Crippen LogP contribution in [0.25, 0.3) is 0 Å². The minimum atomic E-state index is 0.631. The molecule has 0 radical (unpaired) electrons. The second kappa shape index (κ2) is 9.04. The highest BCUT2D eigenvalue weighted by Crippen LogP contribution is 2.35. The molecule has 0 N–H and O–H groups in total. The monoisotopic (exact) mass is 227 g/mol. The number of hydrogen-bond acceptors (Lipinski definition) is 1. The first-order valence-corrected chi connectivity index (χ1v) is 7.32. The standard InChI is InChI=1S/C15H33N/c1-6-10-13-16(5)14-11-12-15(7-2,8-3)9-4/h6-14H2,1-5H3. The van der Waals surface area contributed by atoms with Gasteiger partial charge in [-0.25, -0.2) is 0 Å². The summed E-state index contributed by atoms with van der Waals surface area (Å²) >= 11 is 0. The van der Waals surface area contributed by atoms with E-state index in [1.54, 1.807) is 0 Å². The van der Waals surface area contributed by atoms with E-state index in [4.69, 9.17) is 0 Å². The van der Waals surface area contributed by atoms with E-state index in [2.05, 4.69) is 39.6 Å². The Bertz CT molecular complexity index is 141. The number of rotatable bonds is 10. The summed E-state index contributed by atoms with van der Waals surface area (Å²) in [5.41, 5.74) is 0.631. The molecule has 0 aromatic heterocycles. The van der Waals surface area contributed by atoms with Crippen molar-refractivity contribution in [2.24, 2.45) is 5.41 Å². The van der Waals surface area contributed by atoms with Crippen molar-refractivity contribution in [3.8, 4) is 0 Å².